The van der Waals surface area contributed by atoms with E-state index in [1.165, 1.54) is 20.0 Å². The number of alkyl halides is 2. The summed E-state index contributed by atoms with van der Waals surface area (Å²) in [7, 11) is 0. The number of carbonyl (C=O) groups is 1. The number of aromatic nitrogens is 5. The molecule has 0 aliphatic carbocycles. The van der Waals surface area contributed by atoms with Crippen LogP contribution in [-0.4, -0.2) is 36.8 Å². The zero-order chi connectivity index (χ0) is 25.3. The zero-order valence-corrected chi connectivity index (χ0v) is 20.3. The van der Waals surface area contributed by atoms with E-state index in [4.69, 9.17) is 0 Å². The second-order valence-corrected chi connectivity index (χ2v) is 8.96. The molecule has 2 heterocycles. The number of aryl methyl sites for hydroxylation is 1. The van der Waals surface area contributed by atoms with Crippen LogP contribution in [0.15, 0.2) is 43.3 Å². The molecule has 2 N–H and O–H groups in total. The third-order valence-electron chi connectivity index (χ3n) is 6.10. The highest BCUT2D eigenvalue weighted by atomic mass is 19.3. The van der Waals surface area contributed by atoms with Crippen LogP contribution in [0.5, 0.6) is 0 Å². The average Bonchev–Trinajstić information content (AvgIpc) is 3.42. The number of allylic oxidation sites excluding steroid dienone is 3. The lowest BCUT2D eigenvalue weighted by Gasteiger charge is -2.28. The summed E-state index contributed by atoms with van der Waals surface area (Å²) in [4.78, 5) is 16.8. The molecule has 0 fully saturated rings. The third kappa shape index (κ3) is 4.83. The van der Waals surface area contributed by atoms with Gasteiger partial charge in [0.15, 0.2) is 5.82 Å². The zero-order valence-electron chi connectivity index (χ0n) is 20.3. The van der Waals surface area contributed by atoms with Gasteiger partial charge >= 0.3 is 0 Å². The van der Waals surface area contributed by atoms with E-state index in [1.807, 2.05) is 39.0 Å². The summed E-state index contributed by atoms with van der Waals surface area (Å²) >= 11 is 0. The lowest BCUT2D eigenvalue weighted by molar-refractivity contribution is -0.0501. The molecule has 0 atom stereocenters. The first-order valence-electron chi connectivity index (χ1n) is 10.9. The van der Waals surface area contributed by atoms with Crippen LogP contribution in [0, 0.1) is 13.8 Å². The van der Waals surface area contributed by atoms with Gasteiger partial charge in [0.05, 0.1) is 29.4 Å². The Hall–Kier alpha value is -3.62. The summed E-state index contributed by atoms with van der Waals surface area (Å²) in [5.74, 6) is -3.09. The lowest BCUT2D eigenvalue weighted by Crippen LogP contribution is -2.38. The van der Waals surface area contributed by atoms with E-state index in [0.717, 1.165) is 34.9 Å². The van der Waals surface area contributed by atoms with Gasteiger partial charge in [0.2, 0.25) is 0 Å². The van der Waals surface area contributed by atoms with Crippen LogP contribution >= 0.6 is 0 Å². The van der Waals surface area contributed by atoms with Gasteiger partial charge in [-0.2, -0.15) is 10.2 Å². The Kier molecular flexibility index (Phi) is 6.86. The number of benzene rings is 1. The Bertz CT molecular complexity index is 1250. The van der Waals surface area contributed by atoms with E-state index < -0.39 is 11.3 Å². The minimum Gasteiger partial charge on any atom is -0.345 e. The van der Waals surface area contributed by atoms with Crippen molar-refractivity contribution in [1.29, 1.82) is 0 Å². The van der Waals surface area contributed by atoms with Gasteiger partial charge in [0.25, 0.3) is 11.8 Å². The number of nitrogens with zero attached hydrogens (tertiary/aromatic N) is 4. The number of hydrogen-bond acceptors (Lipinski definition) is 4. The molecule has 180 valence electrons. The Balaban J connectivity index is 1.76. The van der Waals surface area contributed by atoms with Crippen molar-refractivity contribution in [1.82, 2.24) is 30.3 Å². The van der Waals surface area contributed by atoms with Crippen LogP contribution in [0.3, 0.4) is 0 Å². The molecule has 0 aliphatic rings. The third-order valence-corrected chi connectivity index (χ3v) is 6.10. The molecule has 7 nitrogen and oxygen atoms in total. The molecule has 0 spiro atoms. The van der Waals surface area contributed by atoms with Crippen LogP contribution in [-0.2, 0) is 12.0 Å². The molecule has 0 aliphatic heterocycles. The summed E-state index contributed by atoms with van der Waals surface area (Å²) in [6.45, 7) is 13.5. The maximum Gasteiger partial charge on any atom is 0.257 e. The molecule has 0 saturated heterocycles. The molecular weight excluding hydrogens is 438 g/mol. The molecule has 9 heteroatoms. The van der Waals surface area contributed by atoms with Crippen molar-refractivity contribution in [2.24, 2.45) is 0 Å². The van der Waals surface area contributed by atoms with Gasteiger partial charge in [0, 0.05) is 13.1 Å². The van der Waals surface area contributed by atoms with E-state index in [2.05, 4.69) is 32.2 Å². The van der Waals surface area contributed by atoms with Gasteiger partial charge in [-0.15, -0.1) is 0 Å². The van der Waals surface area contributed by atoms with E-state index in [1.54, 1.807) is 17.0 Å². The predicted molar refractivity (Wildman–Crippen MR) is 128 cm³/mol. The van der Waals surface area contributed by atoms with Crippen LogP contribution in [0.1, 0.15) is 66.4 Å². The first-order chi connectivity index (χ1) is 15.9. The highest BCUT2D eigenvalue weighted by molar-refractivity contribution is 5.93. The van der Waals surface area contributed by atoms with Crippen molar-refractivity contribution in [3.63, 3.8) is 0 Å². The first kappa shape index (κ1) is 25.0. The monoisotopic (exact) mass is 468 g/mol. The molecule has 1 amide bonds. The maximum atomic E-state index is 13.9. The summed E-state index contributed by atoms with van der Waals surface area (Å²) in [5.41, 5.74) is 4.05. The fourth-order valence-corrected chi connectivity index (χ4v) is 3.64. The molecular formula is C25H30F2N6O. The molecule has 34 heavy (non-hydrogen) atoms. The molecule has 3 aromatic rings. The number of rotatable bonds is 8. The summed E-state index contributed by atoms with van der Waals surface area (Å²) < 4.78 is 29.4. The maximum absolute atomic E-state index is 13.9. The van der Waals surface area contributed by atoms with Crippen molar-refractivity contribution >= 4 is 11.5 Å². The lowest BCUT2D eigenvalue weighted by atomic mass is 9.86. The summed E-state index contributed by atoms with van der Waals surface area (Å²) in [6, 6.07) is 3.98. The highest BCUT2D eigenvalue weighted by Gasteiger charge is 2.46. The van der Waals surface area contributed by atoms with Gasteiger partial charge in [-0.25, -0.2) is 18.4 Å². The van der Waals surface area contributed by atoms with Gasteiger partial charge in [-0.1, -0.05) is 24.8 Å². The molecule has 0 bridgehead atoms. The van der Waals surface area contributed by atoms with Gasteiger partial charge in [-0.05, 0) is 62.9 Å². The minimum atomic E-state index is -3.00. The number of halogens is 2. The SMILES string of the molecule is C=C/C=C(\C)c1c(C)ccc(-n2cc(C(=O)NCc3nc(C(C)(C)C(C)(F)F)n[nH]3)cn2)c1C. The van der Waals surface area contributed by atoms with Crippen LogP contribution in [0.2, 0.25) is 0 Å². The Morgan fingerprint density at radius 2 is 1.97 bits per heavy atom. The number of nitrogens with one attached hydrogen (secondary N) is 2. The number of hydrogen-bond donors (Lipinski definition) is 2. The van der Waals surface area contributed by atoms with E-state index >= 15 is 0 Å². The second-order valence-electron chi connectivity index (χ2n) is 8.96. The fourth-order valence-electron chi connectivity index (χ4n) is 3.64. The molecule has 0 saturated carbocycles. The Morgan fingerprint density at radius 3 is 2.62 bits per heavy atom. The van der Waals surface area contributed by atoms with Crippen LogP contribution in [0.25, 0.3) is 11.3 Å². The predicted octanol–water partition coefficient (Wildman–Crippen LogP) is 5.06. The van der Waals surface area contributed by atoms with Crippen molar-refractivity contribution in [2.45, 2.75) is 59.4 Å². The van der Waals surface area contributed by atoms with Crippen LogP contribution < -0.4 is 5.32 Å². The quantitative estimate of drug-likeness (QED) is 0.453. The Morgan fingerprint density at radius 1 is 1.26 bits per heavy atom. The number of carbonyl (C=O) groups excluding carboxylic acids is 1. The fraction of sp³-hybridized carbons (Fsp3) is 0.360. The second kappa shape index (κ2) is 9.32. The molecule has 1 aromatic carbocycles. The van der Waals surface area contributed by atoms with E-state index in [0.29, 0.717) is 5.56 Å². The van der Waals surface area contributed by atoms with Crippen molar-refractivity contribution in [3.8, 4) is 5.69 Å². The first-order valence-corrected chi connectivity index (χ1v) is 10.9. The van der Waals surface area contributed by atoms with E-state index in [9.17, 15) is 13.6 Å². The Labute approximate surface area is 198 Å². The largest absolute Gasteiger partial charge is 0.345 e. The highest BCUT2D eigenvalue weighted by Crippen LogP contribution is 2.37. The molecule has 0 unspecified atom stereocenters. The van der Waals surface area contributed by atoms with Gasteiger partial charge < -0.3 is 5.32 Å². The normalized spacial score (nSPS) is 12.6. The van der Waals surface area contributed by atoms with Crippen molar-refractivity contribution in [3.05, 3.63) is 77.2 Å². The molecule has 0 radical (unpaired) electrons. The van der Waals surface area contributed by atoms with Gasteiger partial charge in [-0.3, -0.25) is 9.89 Å². The smallest absolute Gasteiger partial charge is 0.257 e. The average molecular weight is 469 g/mol. The number of aromatic amines is 1. The van der Waals surface area contributed by atoms with Crippen molar-refractivity contribution < 1.29 is 13.6 Å². The van der Waals surface area contributed by atoms with Crippen LogP contribution in [0.4, 0.5) is 8.78 Å². The molecule has 3 rings (SSSR count). The number of amides is 1. The topological polar surface area (TPSA) is 88.5 Å². The molecule has 2 aromatic heterocycles. The van der Waals surface area contributed by atoms with E-state index in [-0.39, 0.29) is 24.1 Å². The standard InChI is InChI=1S/C25H30F2N6O/c1-8-9-15(2)21-16(3)10-11-19(17(21)4)33-14-18(12-29-33)22(34)28-13-20-30-23(32-31-20)24(5,6)25(7,26)27/h8-12,14H,1,13H2,2-7H3,(H,28,34)(H,30,31,32)/b15-9+. The number of H-pyrrole nitrogens is 1. The summed E-state index contributed by atoms with van der Waals surface area (Å²) in [5, 5.41) is 13.6. The van der Waals surface area contributed by atoms with Gasteiger partial charge in [0.1, 0.15) is 5.82 Å². The van der Waals surface area contributed by atoms with Crippen molar-refractivity contribution in [2.75, 3.05) is 0 Å². The minimum absolute atomic E-state index is 0.0106. The summed E-state index contributed by atoms with van der Waals surface area (Å²) in [6.07, 6.45) is 6.84.